The number of rotatable bonds is 6. The van der Waals surface area contributed by atoms with E-state index in [0.717, 1.165) is 16.2 Å². The van der Waals surface area contributed by atoms with E-state index in [1.165, 1.54) is 13.0 Å². The Balaban J connectivity index is 1.82. The van der Waals surface area contributed by atoms with Crippen molar-refractivity contribution in [1.29, 1.82) is 0 Å². The van der Waals surface area contributed by atoms with Crippen LogP contribution in [0.2, 0.25) is 0 Å². The van der Waals surface area contributed by atoms with E-state index in [0.29, 0.717) is 10.6 Å². The number of nitrogens with one attached hydrogen (secondary N) is 1. The molecule has 2 rings (SSSR count). The lowest BCUT2D eigenvalue weighted by Crippen LogP contribution is -2.30. The van der Waals surface area contributed by atoms with Gasteiger partial charge in [-0.15, -0.1) is 11.8 Å². The van der Waals surface area contributed by atoms with Crippen LogP contribution in [0.3, 0.4) is 0 Å². The molecule has 7 heteroatoms. The lowest BCUT2D eigenvalue weighted by molar-refractivity contribution is -0.150. The number of carbonyl (C=O) groups is 2. The number of anilines is 1. The standard InChI is InChI=1S/C17H15BrFNO3S/c1-11(17(22)20-13-6-4-5-12(18)9-13)23-16(21)10-24-15-8-3-2-7-14(15)19/h2-9,11H,10H2,1H3,(H,20,22)/t11-/m1/s1. The van der Waals surface area contributed by atoms with Crippen molar-refractivity contribution < 1.29 is 18.7 Å². The monoisotopic (exact) mass is 411 g/mol. The van der Waals surface area contributed by atoms with Crippen molar-refractivity contribution in [2.45, 2.75) is 17.9 Å². The lowest BCUT2D eigenvalue weighted by Gasteiger charge is -2.13. The summed E-state index contributed by atoms with van der Waals surface area (Å²) < 4.78 is 19.4. The first-order valence-corrected chi connectivity index (χ1v) is 8.87. The number of thioether (sulfide) groups is 1. The molecule has 2 aromatic carbocycles. The van der Waals surface area contributed by atoms with Crippen molar-refractivity contribution in [3.05, 3.63) is 58.8 Å². The Morgan fingerprint density at radius 1 is 1.25 bits per heavy atom. The molecule has 0 unspecified atom stereocenters. The Bertz CT molecular complexity index is 741. The Hall–Kier alpha value is -1.86. The van der Waals surface area contributed by atoms with Gasteiger partial charge in [-0.05, 0) is 37.3 Å². The van der Waals surface area contributed by atoms with Gasteiger partial charge in [-0.2, -0.15) is 0 Å². The van der Waals surface area contributed by atoms with Gasteiger partial charge >= 0.3 is 5.97 Å². The summed E-state index contributed by atoms with van der Waals surface area (Å²) in [5.74, 6) is -1.48. The maximum atomic E-state index is 13.5. The summed E-state index contributed by atoms with van der Waals surface area (Å²) >= 11 is 4.34. The first-order valence-electron chi connectivity index (χ1n) is 7.09. The number of halogens is 2. The minimum absolute atomic E-state index is 0.0740. The van der Waals surface area contributed by atoms with E-state index in [1.54, 1.807) is 36.4 Å². The molecule has 1 amide bonds. The smallest absolute Gasteiger partial charge is 0.317 e. The Labute approximate surface area is 151 Å². The van der Waals surface area contributed by atoms with Crippen molar-refractivity contribution in [3.8, 4) is 0 Å². The van der Waals surface area contributed by atoms with E-state index in [1.807, 2.05) is 6.07 Å². The lowest BCUT2D eigenvalue weighted by atomic mass is 10.3. The van der Waals surface area contributed by atoms with E-state index in [9.17, 15) is 14.0 Å². The molecule has 2 aromatic rings. The van der Waals surface area contributed by atoms with Crippen LogP contribution in [0.1, 0.15) is 6.92 Å². The van der Waals surface area contributed by atoms with E-state index in [2.05, 4.69) is 21.2 Å². The molecule has 0 radical (unpaired) electrons. The second-order valence-electron chi connectivity index (χ2n) is 4.85. The minimum atomic E-state index is -0.947. The summed E-state index contributed by atoms with van der Waals surface area (Å²) in [5.41, 5.74) is 0.595. The summed E-state index contributed by atoms with van der Waals surface area (Å²) in [6.07, 6.45) is -0.947. The van der Waals surface area contributed by atoms with Gasteiger partial charge in [0.2, 0.25) is 0 Å². The number of amides is 1. The predicted octanol–water partition coefficient (Wildman–Crippen LogP) is 4.25. The molecule has 0 saturated heterocycles. The summed E-state index contributed by atoms with van der Waals surface area (Å²) in [7, 11) is 0. The molecule has 4 nitrogen and oxygen atoms in total. The van der Waals surface area contributed by atoms with Crippen LogP contribution in [0.4, 0.5) is 10.1 Å². The number of esters is 1. The van der Waals surface area contributed by atoms with E-state index in [4.69, 9.17) is 4.74 Å². The molecule has 24 heavy (non-hydrogen) atoms. The van der Waals surface area contributed by atoms with Crippen LogP contribution < -0.4 is 5.32 Å². The zero-order valence-corrected chi connectivity index (χ0v) is 15.2. The molecule has 0 aliphatic heterocycles. The zero-order valence-electron chi connectivity index (χ0n) is 12.8. The quantitative estimate of drug-likeness (QED) is 0.570. The average Bonchev–Trinajstić information content (AvgIpc) is 2.54. The van der Waals surface area contributed by atoms with Crippen LogP contribution in [0.15, 0.2) is 57.9 Å². The fourth-order valence-electron chi connectivity index (χ4n) is 1.79. The molecule has 1 atom stereocenters. The molecule has 0 aliphatic rings. The topological polar surface area (TPSA) is 55.4 Å². The highest BCUT2D eigenvalue weighted by Gasteiger charge is 2.18. The molecule has 0 bridgehead atoms. The van der Waals surface area contributed by atoms with Gasteiger partial charge in [0, 0.05) is 15.1 Å². The molecular formula is C17H15BrFNO3S. The third kappa shape index (κ3) is 5.65. The maximum absolute atomic E-state index is 13.5. The van der Waals surface area contributed by atoms with Gasteiger partial charge in [0.25, 0.3) is 5.91 Å². The van der Waals surface area contributed by atoms with Crippen molar-refractivity contribution in [2.75, 3.05) is 11.1 Å². The molecule has 0 spiro atoms. The van der Waals surface area contributed by atoms with Gasteiger partial charge in [-0.3, -0.25) is 9.59 Å². The highest BCUT2D eigenvalue weighted by Crippen LogP contribution is 2.21. The molecule has 0 heterocycles. The second-order valence-corrected chi connectivity index (χ2v) is 6.78. The third-order valence-electron chi connectivity index (χ3n) is 2.95. The Morgan fingerprint density at radius 2 is 2.00 bits per heavy atom. The number of carbonyl (C=O) groups excluding carboxylic acids is 2. The SMILES string of the molecule is C[C@@H](OC(=O)CSc1ccccc1F)C(=O)Nc1cccc(Br)c1. The fourth-order valence-corrected chi connectivity index (χ4v) is 2.91. The summed E-state index contributed by atoms with van der Waals surface area (Å²) in [6, 6.07) is 13.2. The van der Waals surface area contributed by atoms with E-state index >= 15 is 0 Å². The zero-order chi connectivity index (χ0) is 17.5. The van der Waals surface area contributed by atoms with Gasteiger partial charge < -0.3 is 10.1 Å². The van der Waals surface area contributed by atoms with Crippen LogP contribution in [0.25, 0.3) is 0 Å². The normalized spacial score (nSPS) is 11.6. The molecule has 0 aromatic heterocycles. The van der Waals surface area contributed by atoms with Crippen LogP contribution in [0, 0.1) is 5.82 Å². The first-order chi connectivity index (χ1) is 11.5. The highest BCUT2D eigenvalue weighted by molar-refractivity contribution is 9.10. The van der Waals surface area contributed by atoms with Crippen molar-refractivity contribution in [1.82, 2.24) is 0 Å². The number of hydrogen-bond donors (Lipinski definition) is 1. The van der Waals surface area contributed by atoms with Gasteiger partial charge in [0.1, 0.15) is 5.82 Å². The van der Waals surface area contributed by atoms with Gasteiger partial charge in [0.15, 0.2) is 6.10 Å². The van der Waals surface area contributed by atoms with Gasteiger partial charge in [-0.1, -0.05) is 34.1 Å². The molecular weight excluding hydrogens is 397 g/mol. The van der Waals surface area contributed by atoms with E-state index < -0.39 is 23.8 Å². The molecule has 126 valence electrons. The number of hydrogen-bond acceptors (Lipinski definition) is 4. The summed E-state index contributed by atoms with van der Waals surface area (Å²) in [5, 5.41) is 2.66. The predicted molar refractivity (Wildman–Crippen MR) is 95.4 cm³/mol. The molecule has 0 fully saturated rings. The Kier molecular flexibility index (Phi) is 6.81. The number of ether oxygens (including phenoxy) is 1. The minimum Gasteiger partial charge on any atom is -0.452 e. The average molecular weight is 412 g/mol. The maximum Gasteiger partial charge on any atom is 0.317 e. The van der Waals surface area contributed by atoms with Crippen molar-refractivity contribution in [2.24, 2.45) is 0 Å². The van der Waals surface area contributed by atoms with Gasteiger partial charge in [0.05, 0.1) is 5.75 Å². The third-order valence-corrected chi connectivity index (χ3v) is 4.47. The van der Waals surface area contributed by atoms with Crippen LogP contribution in [-0.4, -0.2) is 23.7 Å². The summed E-state index contributed by atoms with van der Waals surface area (Å²) in [6.45, 7) is 1.49. The van der Waals surface area contributed by atoms with Crippen LogP contribution in [0.5, 0.6) is 0 Å². The highest BCUT2D eigenvalue weighted by atomic mass is 79.9. The Morgan fingerprint density at radius 3 is 2.71 bits per heavy atom. The van der Waals surface area contributed by atoms with Crippen LogP contribution >= 0.6 is 27.7 Å². The van der Waals surface area contributed by atoms with Gasteiger partial charge in [-0.25, -0.2) is 4.39 Å². The van der Waals surface area contributed by atoms with Crippen molar-refractivity contribution in [3.63, 3.8) is 0 Å². The number of benzene rings is 2. The molecule has 0 saturated carbocycles. The largest absolute Gasteiger partial charge is 0.452 e. The molecule has 1 N–H and O–H groups in total. The molecule has 0 aliphatic carbocycles. The van der Waals surface area contributed by atoms with Crippen LogP contribution in [-0.2, 0) is 14.3 Å². The second kappa shape index (κ2) is 8.84. The summed E-state index contributed by atoms with van der Waals surface area (Å²) in [4.78, 5) is 24.2. The van der Waals surface area contributed by atoms with Crippen molar-refractivity contribution >= 4 is 45.3 Å². The van der Waals surface area contributed by atoms with E-state index in [-0.39, 0.29) is 5.75 Å². The fraction of sp³-hybridized carbons (Fsp3) is 0.176. The first kappa shape index (κ1) is 18.5.